The number of piperidine rings is 1. The lowest BCUT2D eigenvalue weighted by molar-refractivity contribution is -0.0563. The average molecular weight is 489 g/mol. The Bertz CT molecular complexity index is 1260. The second-order valence-electron chi connectivity index (χ2n) is 9.98. The van der Waals surface area contributed by atoms with Crippen molar-refractivity contribution in [2.24, 2.45) is 0 Å². The third-order valence-corrected chi connectivity index (χ3v) is 8.13. The van der Waals surface area contributed by atoms with Gasteiger partial charge >= 0.3 is 0 Å². The Morgan fingerprint density at radius 1 is 1.06 bits per heavy atom. The minimum atomic E-state index is -0.782. The summed E-state index contributed by atoms with van der Waals surface area (Å²) < 4.78 is 6.07. The Morgan fingerprint density at radius 3 is 2.60 bits per heavy atom. The van der Waals surface area contributed by atoms with E-state index in [9.17, 15) is 10.2 Å². The van der Waals surface area contributed by atoms with E-state index >= 15 is 0 Å². The molecule has 2 bridgehead atoms. The lowest BCUT2D eigenvalue weighted by atomic mass is 9.80. The molecule has 0 amide bonds. The molecular weight excluding hydrogens is 460 g/mol. The van der Waals surface area contributed by atoms with Crippen LogP contribution in [-0.2, 0) is 12.0 Å². The number of aliphatic hydroxyl groups is 1. The van der Waals surface area contributed by atoms with Gasteiger partial charge in [0.25, 0.3) is 0 Å². The molecule has 0 radical (unpaired) electrons. The Balaban J connectivity index is 1.20. The average Bonchev–Trinajstić information content (AvgIpc) is 3.01. The van der Waals surface area contributed by atoms with Gasteiger partial charge in [-0.3, -0.25) is 4.90 Å². The van der Waals surface area contributed by atoms with E-state index < -0.39 is 5.60 Å². The molecule has 1 aromatic heterocycles. The number of pyridine rings is 1. The lowest BCUT2D eigenvalue weighted by Gasteiger charge is -2.44. The van der Waals surface area contributed by atoms with Gasteiger partial charge in [-0.1, -0.05) is 35.9 Å². The van der Waals surface area contributed by atoms with Crippen LogP contribution in [0.4, 0.5) is 0 Å². The zero-order valence-electron chi connectivity index (χ0n) is 19.5. The van der Waals surface area contributed by atoms with Gasteiger partial charge in [0, 0.05) is 47.4 Å². The van der Waals surface area contributed by atoms with Crippen LogP contribution in [0.5, 0.6) is 17.4 Å². The molecule has 0 saturated carbocycles. The number of hydrogen-bond donors (Lipinski definition) is 2. The fourth-order valence-electron chi connectivity index (χ4n) is 6.18. The Kier molecular flexibility index (Phi) is 5.79. The Hall–Kier alpha value is -2.86. The second kappa shape index (κ2) is 8.98. The van der Waals surface area contributed by atoms with Crippen LogP contribution in [0.3, 0.4) is 0 Å². The van der Waals surface area contributed by atoms with E-state index in [0.29, 0.717) is 35.2 Å². The van der Waals surface area contributed by atoms with Crippen LogP contribution in [0.1, 0.15) is 48.8 Å². The molecule has 2 unspecified atom stereocenters. The third-order valence-electron chi connectivity index (χ3n) is 7.88. The van der Waals surface area contributed by atoms with E-state index in [1.54, 1.807) is 18.3 Å². The number of hydrogen-bond acceptors (Lipinski definition) is 5. The first kappa shape index (κ1) is 22.6. The molecule has 2 saturated heterocycles. The van der Waals surface area contributed by atoms with E-state index in [4.69, 9.17) is 16.3 Å². The molecule has 2 aromatic carbocycles. The SMILES string of the molecule is Oc1cccc2c1CC(=CCCN1C3CCC1CC(O)(c1ccc(Cl)cc1)C3)c1cccnc1O2. The minimum Gasteiger partial charge on any atom is -0.508 e. The summed E-state index contributed by atoms with van der Waals surface area (Å²) in [5, 5.41) is 22.7. The summed E-state index contributed by atoms with van der Waals surface area (Å²) >= 11 is 6.07. The van der Waals surface area contributed by atoms with Gasteiger partial charge in [-0.05, 0) is 79.6 Å². The van der Waals surface area contributed by atoms with Crippen LogP contribution in [0, 0.1) is 0 Å². The van der Waals surface area contributed by atoms with Crippen LogP contribution in [0.25, 0.3) is 5.57 Å². The van der Waals surface area contributed by atoms with Crippen molar-refractivity contribution >= 4 is 17.2 Å². The van der Waals surface area contributed by atoms with E-state index in [1.807, 2.05) is 42.5 Å². The fourth-order valence-corrected chi connectivity index (χ4v) is 6.31. The summed E-state index contributed by atoms with van der Waals surface area (Å²) in [5.74, 6) is 1.48. The molecule has 6 heteroatoms. The molecule has 3 aliphatic rings. The number of nitrogens with zero attached hydrogens (tertiary/aromatic N) is 2. The molecule has 3 aromatic rings. The van der Waals surface area contributed by atoms with E-state index in [2.05, 4.69) is 16.0 Å². The van der Waals surface area contributed by atoms with Gasteiger partial charge in [-0.25, -0.2) is 4.98 Å². The molecule has 4 heterocycles. The number of halogens is 1. The van der Waals surface area contributed by atoms with Crippen molar-refractivity contribution in [3.05, 3.63) is 88.6 Å². The van der Waals surface area contributed by atoms with Crippen molar-refractivity contribution in [3.63, 3.8) is 0 Å². The number of aromatic hydroxyl groups is 1. The first-order valence-electron chi connectivity index (χ1n) is 12.4. The summed E-state index contributed by atoms with van der Waals surface area (Å²) in [6.45, 7) is 0.944. The van der Waals surface area contributed by atoms with Gasteiger partial charge in [0.05, 0.1) is 5.60 Å². The topological polar surface area (TPSA) is 65.8 Å². The summed E-state index contributed by atoms with van der Waals surface area (Å²) in [4.78, 5) is 7.04. The molecule has 5 nitrogen and oxygen atoms in total. The molecule has 2 N–H and O–H groups in total. The van der Waals surface area contributed by atoms with Crippen LogP contribution in [0.2, 0.25) is 5.02 Å². The number of allylic oxidation sites excluding steroid dienone is 1. The highest BCUT2D eigenvalue weighted by Gasteiger charge is 2.47. The number of rotatable bonds is 4. The summed E-state index contributed by atoms with van der Waals surface area (Å²) in [7, 11) is 0. The number of fused-ring (bicyclic) bond motifs is 4. The van der Waals surface area contributed by atoms with Crippen molar-refractivity contribution < 1.29 is 14.9 Å². The monoisotopic (exact) mass is 488 g/mol. The standard InChI is InChI=1S/C29H29ClN2O3/c30-21-10-8-20(9-11-21)29(34)17-22-12-13-23(18-29)32(22)15-3-4-19-16-25-26(33)6-1-7-27(25)35-28-24(19)5-2-14-31-28/h1-2,4-11,14,22-23,33-34H,3,12-13,15-18H2. The van der Waals surface area contributed by atoms with Gasteiger partial charge in [0.1, 0.15) is 11.5 Å². The van der Waals surface area contributed by atoms with Crippen LogP contribution in [-0.4, -0.2) is 38.7 Å². The molecule has 0 aliphatic carbocycles. The molecule has 35 heavy (non-hydrogen) atoms. The molecule has 2 atom stereocenters. The normalized spacial score (nSPS) is 26.6. The highest BCUT2D eigenvalue weighted by molar-refractivity contribution is 6.30. The van der Waals surface area contributed by atoms with Crippen LogP contribution < -0.4 is 4.74 Å². The van der Waals surface area contributed by atoms with E-state index in [-0.39, 0.29) is 5.75 Å². The zero-order valence-corrected chi connectivity index (χ0v) is 20.3. The summed E-state index contributed by atoms with van der Waals surface area (Å²) in [5.41, 5.74) is 3.08. The fraction of sp³-hybridized carbons (Fsp3) is 0.345. The van der Waals surface area contributed by atoms with Crippen LogP contribution in [0.15, 0.2) is 66.9 Å². The van der Waals surface area contributed by atoms with Gasteiger partial charge in [-0.2, -0.15) is 0 Å². The molecule has 2 fully saturated rings. The molecule has 180 valence electrons. The first-order chi connectivity index (χ1) is 17.0. The molecule has 6 rings (SSSR count). The zero-order chi connectivity index (χ0) is 24.0. The van der Waals surface area contributed by atoms with Crippen molar-refractivity contribution in [2.75, 3.05) is 6.54 Å². The van der Waals surface area contributed by atoms with Gasteiger partial charge in [0.15, 0.2) is 0 Å². The third kappa shape index (κ3) is 4.22. The van der Waals surface area contributed by atoms with Gasteiger partial charge < -0.3 is 14.9 Å². The quantitative estimate of drug-likeness (QED) is 0.466. The summed E-state index contributed by atoms with van der Waals surface area (Å²) in [6.07, 6.45) is 9.25. The van der Waals surface area contributed by atoms with Crippen LogP contribution >= 0.6 is 11.6 Å². The highest BCUT2D eigenvalue weighted by Crippen LogP contribution is 2.46. The number of benzene rings is 2. The van der Waals surface area contributed by atoms with E-state index in [0.717, 1.165) is 60.9 Å². The number of phenolic OH excluding ortho intramolecular Hbond substituents is 1. The molecule has 0 spiro atoms. The molecule has 3 aliphatic heterocycles. The predicted octanol–water partition coefficient (Wildman–Crippen LogP) is 6.08. The lowest BCUT2D eigenvalue weighted by Crippen LogP contribution is -2.49. The maximum absolute atomic E-state index is 11.5. The highest BCUT2D eigenvalue weighted by atomic mass is 35.5. The summed E-state index contributed by atoms with van der Waals surface area (Å²) in [6, 6.07) is 17.8. The first-order valence-corrected chi connectivity index (χ1v) is 12.8. The number of aromatic nitrogens is 1. The van der Waals surface area contributed by atoms with Crippen molar-refractivity contribution in [1.29, 1.82) is 0 Å². The largest absolute Gasteiger partial charge is 0.508 e. The molecular formula is C29H29ClN2O3. The van der Waals surface area contributed by atoms with Gasteiger partial charge in [-0.15, -0.1) is 0 Å². The maximum Gasteiger partial charge on any atom is 0.226 e. The van der Waals surface area contributed by atoms with E-state index in [1.165, 1.54) is 0 Å². The van der Waals surface area contributed by atoms with Crippen molar-refractivity contribution in [3.8, 4) is 17.4 Å². The number of ether oxygens (including phenoxy) is 1. The van der Waals surface area contributed by atoms with Gasteiger partial charge in [0.2, 0.25) is 5.88 Å². The second-order valence-corrected chi connectivity index (χ2v) is 10.4. The number of phenols is 1. The Morgan fingerprint density at radius 2 is 1.83 bits per heavy atom. The smallest absolute Gasteiger partial charge is 0.226 e. The minimum absolute atomic E-state index is 0.247. The maximum atomic E-state index is 11.5. The van der Waals surface area contributed by atoms with Crippen molar-refractivity contribution in [2.45, 2.75) is 56.2 Å². The predicted molar refractivity (Wildman–Crippen MR) is 137 cm³/mol. The Labute approximate surface area is 210 Å². The van der Waals surface area contributed by atoms with Crippen molar-refractivity contribution in [1.82, 2.24) is 9.88 Å².